The predicted molar refractivity (Wildman–Crippen MR) is 69.4 cm³/mol. The maximum Gasteiger partial charge on any atom is 0.330 e. The molecule has 1 aliphatic rings. The quantitative estimate of drug-likeness (QED) is 0.825. The van der Waals surface area contributed by atoms with Gasteiger partial charge in [-0.1, -0.05) is 18.5 Å². The molecule has 1 N–H and O–H groups in total. The summed E-state index contributed by atoms with van der Waals surface area (Å²) in [6.07, 6.45) is 2.08. The fourth-order valence-electron chi connectivity index (χ4n) is 2.44. The molecule has 6 heteroatoms. The second kappa shape index (κ2) is 4.90. The summed E-state index contributed by atoms with van der Waals surface area (Å²) in [4.78, 5) is 26.9. The van der Waals surface area contributed by atoms with Crippen LogP contribution in [0, 0.1) is 0 Å². The number of hydrogen-bond donors (Lipinski definition) is 1. The summed E-state index contributed by atoms with van der Waals surface area (Å²) in [5.74, 6) is 0. The van der Waals surface area contributed by atoms with Crippen LogP contribution in [-0.4, -0.2) is 22.8 Å². The van der Waals surface area contributed by atoms with E-state index >= 15 is 0 Å². The van der Waals surface area contributed by atoms with E-state index in [0.717, 1.165) is 12.8 Å². The molecule has 1 aliphatic heterocycles. The highest BCUT2D eigenvalue weighted by molar-refractivity contribution is 6.30. The number of nitrogens with zero attached hydrogens (tertiary/aromatic N) is 1. The average molecular weight is 273 g/mol. The third-order valence-electron chi connectivity index (χ3n) is 3.46. The van der Waals surface area contributed by atoms with E-state index < -0.39 is 11.2 Å². The summed E-state index contributed by atoms with van der Waals surface area (Å²) in [6, 6.07) is 0. The van der Waals surface area contributed by atoms with Crippen molar-refractivity contribution >= 4 is 11.6 Å². The van der Waals surface area contributed by atoms with Gasteiger partial charge in [-0.15, -0.1) is 0 Å². The van der Waals surface area contributed by atoms with Crippen molar-refractivity contribution in [2.75, 3.05) is 13.2 Å². The Morgan fingerprint density at radius 1 is 1.50 bits per heavy atom. The molecule has 0 bridgehead atoms. The van der Waals surface area contributed by atoms with Crippen molar-refractivity contribution in [2.24, 2.45) is 0 Å². The van der Waals surface area contributed by atoms with Gasteiger partial charge >= 0.3 is 5.69 Å². The molecule has 0 saturated carbocycles. The lowest BCUT2D eigenvalue weighted by molar-refractivity contribution is 0.00552. The van der Waals surface area contributed by atoms with Crippen LogP contribution in [0.5, 0.6) is 0 Å². The zero-order valence-electron chi connectivity index (χ0n) is 10.6. The van der Waals surface area contributed by atoms with Crippen LogP contribution in [0.15, 0.2) is 9.59 Å². The maximum absolute atomic E-state index is 12.3. The minimum atomic E-state index is -0.586. The van der Waals surface area contributed by atoms with Crippen LogP contribution < -0.4 is 11.2 Å². The summed E-state index contributed by atoms with van der Waals surface area (Å²) in [6.45, 7) is 4.76. The number of ether oxygens (including phenoxy) is 1. The summed E-state index contributed by atoms with van der Waals surface area (Å²) < 4.78 is 6.67. The Kier molecular flexibility index (Phi) is 3.64. The highest BCUT2D eigenvalue weighted by Gasteiger charge is 2.33. The molecule has 1 aromatic rings. The Morgan fingerprint density at radius 2 is 2.22 bits per heavy atom. The van der Waals surface area contributed by atoms with Crippen molar-refractivity contribution < 1.29 is 4.74 Å². The predicted octanol–water partition coefficient (Wildman–Crippen LogP) is 1.28. The molecule has 0 spiro atoms. The fraction of sp³-hybridized carbons (Fsp3) is 0.667. The zero-order valence-corrected chi connectivity index (χ0v) is 11.3. The third kappa shape index (κ3) is 2.12. The van der Waals surface area contributed by atoms with Crippen LogP contribution in [0.1, 0.15) is 32.3 Å². The van der Waals surface area contributed by atoms with Gasteiger partial charge in [0.05, 0.1) is 17.7 Å². The van der Waals surface area contributed by atoms with E-state index in [1.165, 1.54) is 4.57 Å². The molecule has 1 saturated heterocycles. The van der Waals surface area contributed by atoms with Crippen molar-refractivity contribution in [3.63, 3.8) is 0 Å². The van der Waals surface area contributed by atoms with E-state index in [0.29, 0.717) is 25.2 Å². The number of hydrogen-bond acceptors (Lipinski definition) is 3. The molecule has 2 rings (SSSR count). The molecule has 1 unspecified atom stereocenters. The number of aromatic nitrogens is 2. The Balaban J connectivity index is 2.64. The largest absolute Gasteiger partial charge is 0.379 e. The van der Waals surface area contributed by atoms with E-state index in [2.05, 4.69) is 4.98 Å². The van der Waals surface area contributed by atoms with E-state index in [1.54, 1.807) is 0 Å². The second-order valence-electron chi connectivity index (χ2n) is 4.87. The number of H-pyrrole nitrogens is 1. The first kappa shape index (κ1) is 13.4. The topological polar surface area (TPSA) is 64.1 Å². The highest BCUT2D eigenvalue weighted by Crippen LogP contribution is 2.24. The average Bonchev–Trinajstić information content (AvgIpc) is 2.29. The molecule has 0 amide bonds. The number of halogens is 1. The van der Waals surface area contributed by atoms with Crippen molar-refractivity contribution in [3.8, 4) is 0 Å². The first-order valence-corrected chi connectivity index (χ1v) is 6.49. The molecule has 1 atom stereocenters. The molecule has 5 nitrogen and oxygen atoms in total. The molecule has 0 aliphatic carbocycles. The van der Waals surface area contributed by atoms with Crippen LogP contribution in [0.2, 0.25) is 5.15 Å². The highest BCUT2D eigenvalue weighted by atomic mass is 35.5. The number of nitrogens with one attached hydrogen (secondary N) is 1. The van der Waals surface area contributed by atoms with Gasteiger partial charge < -0.3 is 4.74 Å². The van der Waals surface area contributed by atoms with E-state index in [4.69, 9.17) is 16.3 Å². The lowest BCUT2D eigenvalue weighted by atomic mass is 9.94. The minimum Gasteiger partial charge on any atom is -0.379 e. The Morgan fingerprint density at radius 3 is 2.78 bits per heavy atom. The van der Waals surface area contributed by atoms with E-state index in [9.17, 15) is 9.59 Å². The summed E-state index contributed by atoms with van der Waals surface area (Å²) in [7, 11) is 0. The molecular formula is C12H17ClN2O3. The van der Waals surface area contributed by atoms with Crippen LogP contribution in [0.3, 0.4) is 0 Å². The first-order chi connectivity index (χ1) is 8.49. The molecule has 0 aromatic carbocycles. The molecule has 0 radical (unpaired) electrons. The first-order valence-electron chi connectivity index (χ1n) is 6.11. The van der Waals surface area contributed by atoms with E-state index in [-0.39, 0.29) is 10.7 Å². The van der Waals surface area contributed by atoms with Crippen molar-refractivity contribution in [1.29, 1.82) is 0 Å². The van der Waals surface area contributed by atoms with Gasteiger partial charge in [-0.05, 0) is 26.2 Å². The van der Waals surface area contributed by atoms with Crippen molar-refractivity contribution in [1.82, 2.24) is 9.55 Å². The zero-order chi connectivity index (χ0) is 13.3. The number of aromatic amines is 1. The SMILES string of the molecule is CCc1c(Cl)[nH]c(=O)n(C2(C)CCCOC2)c1=O. The van der Waals surface area contributed by atoms with Gasteiger partial charge in [-0.25, -0.2) is 4.79 Å². The molecule has 1 fully saturated rings. The second-order valence-corrected chi connectivity index (χ2v) is 5.25. The van der Waals surface area contributed by atoms with Crippen LogP contribution in [0.4, 0.5) is 0 Å². The van der Waals surface area contributed by atoms with Gasteiger partial charge in [0, 0.05) is 6.61 Å². The van der Waals surface area contributed by atoms with Gasteiger partial charge in [-0.2, -0.15) is 0 Å². The fourth-order valence-corrected chi connectivity index (χ4v) is 2.73. The van der Waals surface area contributed by atoms with E-state index in [1.807, 2.05) is 13.8 Å². The van der Waals surface area contributed by atoms with Crippen molar-refractivity contribution in [2.45, 2.75) is 38.6 Å². The smallest absolute Gasteiger partial charge is 0.330 e. The monoisotopic (exact) mass is 272 g/mol. The molecular weight excluding hydrogens is 256 g/mol. The van der Waals surface area contributed by atoms with Crippen LogP contribution >= 0.6 is 11.6 Å². The van der Waals surface area contributed by atoms with Crippen molar-refractivity contribution in [3.05, 3.63) is 31.6 Å². The van der Waals surface area contributed by atoms with Crippen LogP contribution in [-0.2, 0) is 16.7 Å². The lowest BCUT2D eigenvalue weighted by Gasteiger charge is -2.34. The Bertz CT molecular complexity index is 555. The normalized spacial score (nSPS) is 24.2. The molecule has 2 heterocycles. The summed E-state index contributed by atoms with van der Waals surface area (Å²) in [5.41, 5.74) is -0.908. The molecule has 100 valence electrons. The standard InChI is InChI=1S/C12H17ClN2O3/c1-3-8-9(13)14-11(17)15(10(8)16)12(2)5-4-6-18-7-12/h3-7H2,1-2H3,(H,14,17). The minimum absolute atomic E-state index is 0.143. The van der Waals surface area contributed by atoms with Gasteiger partial charge in [0.25, 0.3) is 5.56 Å². The van der Waals surface area contributed by atoms with Gasteiger partial charge in [0.1, 0.15) is 5.15 Å². The van der Waals surface area contributed by atoms with Crippen LogP contribution in [0.25, 0.3) is 0 Å². The maximum atomic E-state index is 12.3. The third-order valence-corrected chi connectivity index (χ3v) is 3.78. The Hall–Kier alpha value is -1.07. The molecule has 18 heavy (non-hydrogen) atoms. The van der Waals surface area contributed by atoms with Gasteiger partial charge in [0.15, 0.2) is 0 Å². The summed E-state index contributed by atoms with van der Waals surface area (Å²) in [5, 5.41) is 0.143. The van der Waals surface area contributed by atoms with Gasteiger partial charge in [-0.3, -0.25) is 14.3 Å². The lowest BCUT2D eigenvalue weighted by Crippen LogP contribution is -2.52. The molecule has 1 aromatic heterocycles. The summed E-state index contributed by atoms with van der Waals surface area (Å²) >= 11 is 5.89. The van der Waals surface area contributed by atoms with Gasteiger partial charge in [0.2, 0.25) is 0 Å². The Labute approximate surface area is 110 Å². The number of rotatable bonds is 2.